The van der Waals surface area contributed by atoms with E-state index >= 15 is 0 Å². The molecule has 8 nitrogen and oxygen atoms in total. The number of benzene rings is 2. The zero-order valence-corrected chi connectivity index (χ0v) is 23.7. The molecule has 0 heterocycles. The predicted molar refractivity (Wildman–Crippen MR) is 152 cm³/mol. The third kappa shape index (κ3) is 9.03. The molecular formula is C29H37N3O5S. The SMILES string of the molecule is C#Cc1ccc(C(C(=O)Nc2ccc(OC)cc2)N(CC)C(=O)C(CCSC)NC(=O)OC(C)(C)C)cc1. The molecule has 204 valence electrons. The topological polar surface area (TPSA) is 97.0 Å². The van der Waals surface area contributed by atoms with Gasteiger partial charge in [0.2, 0.25) is 5.91 Å². The summed E-state index contributed by atoms with van der Waals surface area (Å²) in [5.41, 5.74) is 1.07. The van der Waals surface area contributed by atoms with E-state index < -0.39 is 29.7 Å². The minimum absolute atomic E-state index is 0.224. The number of carbonyl (C=O) groups is 3. The first-order chi connectivity index (χ1) is 18.0. The number of ether oxygens (including phenoxy) is 2. The van der Waals surface area contributed by atoms with Gasteiger partial charge in [-0.25, -0.2) is 4.79 Å². The Hall–Kier alpha value is -3.64. The summed E-state index contributed by atoms with van der Waals surface area (Å²) in [4.78, 5) is 41.6. The number of nitrogens with one attached hydrogen (secondary N) is 2. The molecule has 0 aliphatic rings. The largest absolute Gasteiger partial charge is 0.497 e. The number of hydrogen-bond donors (Lipinski definition) is 2. The van der Waals surface area contributed by atoms with Crippen LogP contribution in [0.5, 0.6) is 5.75 Å². The molecule has 0 saturated carbocycles. The number of terminal acetylenes is 1. The third-order valence-corrected chi connectivity index (χ3v) is 6.18. The van der Waals surface area contributed by atoms with Crippen LogP contribution in [-0.2, 0) is 14.3 Å². The summed E-state index contributed by atoms with van der Waals surface area (Å²) < 4.78 is 10.6. The molecule has 0 spiro atoms. The molecule has 0 bridgehead atoms. The van der Waals surface area contributed by atoms with Crippen LogP contribution in [0.25, 0.3) is 0 Å². The van der Waals surface area contributed by atoms with Gasteiger partial charge in [0.1, 0.15) is 23.4 Å². The van der Waals surface area contributed by atoms with Crippen LogP contribution in [0, 0.1) is 12.3 Å². The van der Waals surface area contributed by atoms with Crippen molar-refractivity contribution < 1.29 is 23.9 Å². The summed E-state index contributed by atoms with van der Waals surface area (Å²) in [6.07, 6.45) is 7.12. The van der Waals surface area contributed by atoms with Gasteiger partial charge in [0.15, 0.2) is 0 Å². The second kappa shape index (κ2) is 14.3. The maximum atomic E-state index is 13.9. The zero-order chi connectivity index (χ0) is 28.3. The molecule has 9 heteroatoms. The lowest BCUT2D eigenvalue weighted by atomic mass is 10.0. The second-order valence-corrected chi connectivity index (χ2v) is 10.5. The van der Waals surface area contributed by atoms with E-state index in [9.17, 15) is 14.4 Å². The van der Waals surface area contributed by atoms with E-state index in [1.807, 2.05) is 6.26 Å². The quantitative estimate of drug-likeness (QED) is 0.396. The standard InChI is InChI=1S/C29H37N3O5S/c1-8-20-10-12-21(13-11-20)25(26(33)30-22-14-16-23(36-6)17-15-22)32(9-2)27(34)24(18-19-38-7)31-28(35)37-29(3,4)5/h1,10-17,24-25H,9,18-19H2,2-7H3,(H,30,33)(H,31,35). The van der Waals surface area contributed by atoms with E-state index in [2.05, 4.69) is 16.6 Å². The molecule has 2 rings (SSSR count). The number of anilines is 1. The van der Waals surface area contributed by atoms with Crippen molar-refractivity contribution in [3.8, 4) is 18.1 Å². The molecule has 3 amide bonds. The average Bonchev–Trinajstić information content (AvgIpc) is 2.88. The average molecular weight is 540 g/mol. The highest BCUT2D eigenvalue weighted by atomic mass is 32.2. The van der Waals surface area contributed by atoms with Crippen molar-refractivity contribution in [2.45, 2.75) is 51.8 Å². The number of amides is 3. The molecule has 0 aromatic heterocycles. The summed E-state index contributed by atoms with van der Waals surface area (Å²) in [5.74, 6) is 3.06. The number of likely N-dealkylation sites (N-methyl/N-ethyl adjacent to an activating group) is 1. The van der Waals surface area contributed by atoms with E-state index in [1.165, 1.54) is 4.90 Å². The third-order valence-electron chi connectivity index (χ3n) is 5.53. The van der Waals surface area contributed by atoms with Gasteiger partial charge in [-0.2, -0.15) is 11.8 Å². The minimum atomic E-state index is -0.973. The number of carbonyl (C=O) groups excluding carboxylic acids is 3. The van der Waals surface area contributed by atoms with Crippen molar-refractivity contribution in [2.75, 3.05) is 31.0 Å². The van der Waals surface area contributed by atoms with Crippen LogP contribution in [0.2, 0.25) is 0 Å². The van der Waals surface area contributed by atoms with Crippen LogP contribution in [0.15, 0.2) is 48.5 Å². The molecule has 2 aromatic rings. The molecular weight excluding hydrogens is 502 g/mol. The fourth-order valence-corrected chi connectivity index (χ4v) is 4.20. The van der Waals surface area contributed by atoms with Gasteiger partial charge in [0, 0.05) is 17.8 Å². The summed E-state index contributed by atoms with van der Waals surface area (Å²) in [6, 6.07) is 12.0. The molecule has 2 aromatic carbocycles. The molecule has 38 heavy (non-hydrogen) atoms. The van der Waals surface area contributed by atoms with Gasteiger partial charge in [0.25, 0.3) is 5.91 Å². The van der Waals surface area contributed by atoms with Crippen molar-refractivity contribution in [3.63, 3.8) is 0 Å². The number of rotatable bonds is 11. The summed E-state index contributed by atoms with van der Waals surface area (Å²) in [7, 11) is 1.56. The monoisotopic (exact) mass is 539 g/mol. The molecule has 0 radical (unpaired) electrons. The number of nitrogens with zero attached hydrogens (tertiary/aromatic N) is 1. The summed E-state index contributed by atoms with van der Waals surface area (Å²) >= 11 is 1.56. The highest BCUT2D eigenvalue weighted by molar-refractivity contribution is 7.98. The van der Waals surface area contributed by atoms with E-state index in [1.54, 1.807) is 95.1 Å². The van der Waals surface area contributed by atoms with Crippen molar-refractivity contribution >= 4 is 35.4 Å². The van der Waals surface area contributed by atoms with Crippen molar-refractivity contribution in [1.29, 1.82) is 0 Å². The molecule has 0 saturated heterocycles. The normalized spacial score (nSPS) is 12.4. The Morgan fingerprint density at radius 2 is 1.71 bits per heavy atom. The number of hydrogen-bond acceptors (Lipinski definition) is 6. The Bertz CT molecular complexity index is 1120. The molecule has 2 unspecified atom stereocenters. The van der Waals surface area contributed by atoms with Crippen LogP contribution in [0.4, 0.5) is 10.5 Å². The number of methoxy groups -OCH3 is 1. The van der Waals surface area contributed by atoms with Gasteiger partial charge < -0.3 is 25.0 Å². The molecule has 2 atom stereocenters. The van der Waals surface area contributed by atoms with Crippen LogP contribution in [0.1, 0.15) is 51.3 Å². The lowest BCUT2D eigenvalue weighted by Gasteiger charge is -2.33. The van der Waals surface area contributed by atoms with Gasteiger partial charge >= 0.3 is 6.09 Å². The van der Waals surface area contributed by atoms with Crippen LogP contribution in [-0.4, -0.2) is 60.1 Å². The lowest BCUT2D eigenvalue weighted by Crippen LogP contribution is -2.52. The number of alkyl carbamates (subject to hydrolysis) is 1. The van der Waals surface area contributed by atoms with Crippen LogP contribution < -0.4 is 15.4 Å². The van der Waals surface area contributed by atoms with Gasteiger partial charge in [0.05, 0.1) is 7.11 Å². The maximum absolute atomic E-state index is 13.9. The smallest absolute Gasteiger partial charge is 0.408 e. The number of thioether (sulfide) groups is 1. The van der Waals surface area contributed by atoms with Crippen molar-refractivity contribution in [2.24, 2.45) is 0 Å². The fraction of sp³-hybridized carbons (Fsp3) is 0.414. The first-order valence-electron chi connectivity index (χ1n) is 12.3. The zero-order valence-electron chi connectivity index (χ0n) is 22.9. The molecule has 0 aliphatic carbocycles. The Labute approximate surface area is 229 Å². The summed E-state index contributed by atoms with van der Waals surface area (Å²) in [5, 5.41) is 5.61. The van der Waals surface area contributed by atoms with Crippen LogP contribution in [0.3, 0.4) is 0 Å². The highest BCUT2D eigenvalue weighted by Gasteiger charge is 2.35. The predicted octanol–water partition coefficient (Wildman–Crippen LogP) is 4.85. The second-order valence-electron chi connectivity index (χ2n) is 9.49. The Balaban J connectivity index is 2.43. The molecule has 0 fully saturated rings. The Morgan fingerprint density at radius 3 is 2.21 bits per heavy atom. The van der Waals surface area contributed by atoms with Crippen LogP contribution >= 0.6 is 11.8 Å². The first kappa shape index (κ1) is 30.6. The van der Waals surface area contributed by atoms with Crippen molar-refractivity contribution in [3.05, 3.63) is 59.7 Å². The van der Waals surface area contributed by atoms with E-state index in [0.29, 0.717) is 34.7 Å². The highest BCUT2D eigenvalue weighted by Crippen LogP contribution is 2.26. The molecule has 0 aliphatic heterocycles. The van der Waals surface area contributed by atoms with E-state index in [4.69, 9.17) is 15.9 Å². The van der Waals surface area contributed by atoms with Gasteiger partial charge in [-0.1, -0.05) is 18.1 Å². The minimum Gasteiger partial charge on any atom is -0.497 e. The summed E-state index contributed by atoms with van der Waals surface area (Å²) in [6.45, 7) is 7.28. The van der Waals surface area contributed by atoms with Gasteiger partial charge in [-0.15, -0.1) is 6.42 Å². The van der Waals surface area contributed by atoms with Gasteiger partial charge in [-0.3, -0.25) is 9.59 Å². The first-order valence-corrected chi connectivity index (χ1v) is 13.7. The Kier molecular flexibility index (Phi) is 11.5. The van der Waals surface area contributed by atoms with E-state index in [0.717, 1.165) is 0 Å². The Morgan fingerprint density at radius 1 is 1.08 bits per heavy atom. The van der Waals surface area contributed by atoms with E-state index in [-0.39, 0.29) is 12.5 Å². The lowest BCUT2D eigenvalue weighted by molar-refractivity contribution is -0.140. The van der Waals surface area contributed by atoms with Gasteiger partial charge in [-0.05, 0) is 88.1 Å². The molecule has 2 N–H and O–H groups in total. The maximum Gasteiger partial charge on any atom is 0.408 e. The van der Waals surface area contributed by atoms with Crippen molar-refractivity contribution in [1.82, 2.24) is 10.2 Å². The fourth-order valence-electron chi connectivity index (χ4n) is 3.73.